The first-order chi connectivity index (χ1) is 14.0. The van der Waals surface area contributed by atoms with E-state index in [1.54, 1.807) is 6.20 Å². The molecule has 144 valence electrons. The van der Waals surface area contributed by atoms with Crippen LogP contribution in [0.4, 0.5) is 5.69 Å². The molecule has 0 fully saturated rings. The van der Waals surface area contributed by atoms with Gasteiger partial charge in [0.2, 0.25) is 0 Å². The first-order valence-corrected chi connectivity index (χ1v) is 9.03. The van der Waals surface area contributed by atoms with Crippen molar-refractivity contribution in [3.8, 4) is 0 Å². The van der Waals surface area contributed by atoms with E-state index < -0.39 is 0 Å². The summed E-state index contributed by atoms with van der Waals surface area (Å²) in [5, 5.41) is 9.02. The normalized spacial score (nSPS) is 11.6. The van der Waals surface area contributed by atoms with Crippen LogP contribution < -0.4 is 16.5 Å². The molecule has 0 aliphatic rings. The standard InChI is InChI=1S/C22H20N6O/c1-13(27-28-14(2)23)16-6-8-19-17(10-16)11-21(26-19)22(29)25-18-7-5-15-4-3-9-24-20(15)12-18/h3-12,26,28H,2,23H2,1H3,(H,25,29)/b27-13-. The number of hydrazone groups is 1. The number of H-pyrrole nitrogens is 1. The molecule has 0 spiro atoms. The second kappa shape index (κ2) is 7.47. The molecule has 4 aromatic rings. The fraction of sp³-hybridized carbons (Fsp3) is 0.0455. The number of benzene rings is 2. The molecule has 0 saturated heterocycles. The second-order valence-corrected chi connectivity index (χ2v) is 6.68. The number of amides is 1. The molecule has 5 N–H and O–H groups in total. The fourth-order valence-corrected chi connectivity index (χ4v) is 3.04. The molecule has 0 unspecified atom stereocenters. The number of hydrogen-bond donors (Lipinski definition) is 4. The minimum absolute atomic E-state index is 0.218. The zero-order chi connectivity index (χ0) is 20.4. The number of pyridine rings is 1. The maximum absolute atomic E-state index is 12.7. The lowest BCUT2D eigenvalue weighted by atomic mass is 10.1. The van der Waals surface area contributed by atoms with E-state index in [2.05, 4.69) is 32.4 Å². The van der Waals surface area contributed by atoms with Gasteiger partial charge >= 0.3 is 0 Å². The van der Waals surface area contributed by atoms with Crippen molar-refractivity contribution in [2.45, 2.75) is 6.92 Å². The van der Waals surface area contributed by atoms with Gasteiger partial charge in [0, 0.05) is 28.2 Å². The van der Waals surface area contributed by atoms with Gasteiger partial charge in [-0.1, -0.05) is 24.8 Å². The second-order valence-electron chi connectivity index (χ2n) is 6.68. The van der Waals surface area contributed by atoms with Gasteiger partial charge in [0.05, 0.1) is 11.2 Å². The maximum Gasteiger partial charge on any atom is 0.272 e. The average molecular weight is 384 g/mol. The largest absolute Gasteiger partial charge is 0.385 e. The van der Waals surface area contributed by atoms with E-state index in [9.17, 15) is 4.79 Å². The summed E-state index contributed by atoms with van der Waals surface area (Å²) in [7, 11) is 0. The topological polar surface area (TPSA) is 108 Å². The Balaban J connectivity index is 1.57. The smallest absolute Gasteiger partial charge is 0.272 e. The third-order valence-electron chi connectivity index (χ3n) is 4.51. The summed E-state index contributed by atoms with van der Waals surface area (Å²) in [6.45, 7) is 5.42. The number of carbonyl (C=O) groups excluding carboxylic acids is 1. The molecule has 4 rings (SSSR count). The van der Waals surface area contributed by atoms with Crippen LogP contribution in [0.5, 0.6) is 0 Å². The third-order valence-corrected chi connectivity index (χ3v) is 4.51. The van der Waals surface area contributed by atoms with Crippen molar-refractivity contribution < 1.29 is 4.79 Å². The lowest BCUT2D eigenvalue weighted by Crippen LogP contribution is -2.14. The van der Waals surface area contributed by atoms with Crippen LogP contribution in [-0.2, 0) is 0 Å². The molecule has 29 heavy (non-hydrogen) atoms. The summed E-state index contributed by atoms with van der Waals surface area (Å²) in [4.78, 5) is 20.2. The van der Waals surface area contributed by atoms with E-state index in [0.717, 1.165) is 33.1 Å². The number of fused-ring (bicyclic) bond motifs is 2. The van der Waals surface area contributed by atoms with Gasteiger partial charge in [-0.3, -0.25) is 15.2 Å². The number of hydrogen-bond acceptors (Lipinski definition) is 5. The SMILES string of the molecule is C=C(N)N/N=C(/C)c1ccc2[nH]c(C(=O)Nc3ccc4cccnc4c3)cc2c1. The molecule has 0 bridgehead atoms. The van der Waals surface area contributed by atoms with E-state index in [0.29, 0.717) is 11.4 Å². The number of anilines is 1. The molecule has 0 radical (unpaired) electrons. The van der Waals surface area contributed by atoms with Gasteiger partial charge in [0.1, 0.15) is 11.5 Å². The minimum atomic E-state index is -0.218. The van der Waals surface area contributed by atoms with E-state index in [-0.39, 0.29) is 11.7 Å². The highest BCUT2D eigenvalue weighted by Crippen LogP contribution is 2.20. The Bertz CT molecular complexity index is 1270. The highest BCUT2D eigenvalue weighted by molar-refractivity contribution is 6.08. The molecule has 7 nitrogen and oxygen atoms in total. The van der Waals surface area contributed by atoms with E-state index >= 15 is 0 Å². The molecule has 7 heteroatoms. The van der Waals surface area contributed by atoms with Crippen LogP contribution >= 0.6 is 0 Å². The molecule has 2 aromatic carbocycles. The van der Waals surface area contributed by atoms with Crippen LogP contribution in [0.2, 0.25) is 0 Å². The maximum atomic E-state index is 12.7. The number of nitrogens with zero attached hydrogens (tertiary/aromatic N) is 2. The Morgan fingerprint density at radius 3 is 2.83 bits per heavy atom. The zero-order valence-corrected chi connectivity index (χ0v) is 15.9. The summed E-state index contributed by atoms with van der Waals surface area (Å²) in [5.74, 6) is 0.0550. The van der Waals surface area contributed by atoms with Gasteiger partial charge in [-0.25, -0.2) is 0 Å². The average Bonchev–Trinajstić information content (AvgIpc) is 3.15. The Morgan fingerprint density at radius 1 is 1.14 bits per heavy atom. The van der Waals surface area contributed by atoms with Gasteiger partial charge in [0.15, 0.2) is 0 Å². The summed E-state index contributed by atoms with van der Waals surface area (Å²) >= 11 is 0. The van der Waals surface area contributed by atoms with Gasteiger partial charge in [0.25, 0.3) is 5.91 Å². The van der Waals surface area contributed by atoms with Crippen molar-refractivity contribution in [3.63, 3.8) is 0 Å². The molecule has 1 amide bonds. The first kappa shape index (κ1) is 18.2. The summed E-state index contributed by atoms with van der Waals surface area (Å²) < 4.78 is 0. The van der Waals surface area contributed by atoms with Gasteiger partial charge in [-0.05, 0) is 48.9 Å². The molecule has 0 aliphatic carbocycles. The Labute approximate surface area is 167 Å². The molecular formula is C22H20N6O. The third kappa shape index (κ3) is 3.93. The zero-order valence-electron chi connectivity index (χ0n) is 15.9. The van der Waals surface area contributed by atoms with Gasteiger partial charge in [-0.2, -0.15) is 5.10 Å². The number of aromatic nitrogens is 2. The molecular weight excluding hydrogens is 364 g/mol. The van der Waals surface area contributed by atoms with E-state index in [1.807, 2.05) is 61.5 Å². The fourth-order valence-electron chi connectivity index (χ4n) is 3.04. The number of nitrogens with two attached hydrogens (primary N) is 1. The van der Waals surface area contributed by atoms with Crippen LogP contribution in [-0.4, -0.2) is 21.6 Å². The van der Waals surface area contributed by atoms with Crippen molar-refractivity contribution in [2.75, 3.05) is 5.32 Å². The minimum Gasteiger partial charge on any atom is -0.385 e. The number of nitrogens with one attached hydrogen (secondary N) is 3. The number of rotatable bonds is 5. The quantitative estimate of drug-likeness (QED) is 0.311. The molecule has 0 atom stereocenters. The highest BCUT2D eigenvalue weighted by atomic mass is 16.1. The molecule has 2 aromatic heterocycles. The Hall–Kier alpha value is -4.13. The predicted molar refractivity (Wildman–Crippen MR) is 117 cm³/mol. The van der Waals surface area contributed by atoms with Crippen molar-refractivity contribution >= 4 is 39.1 Å². The summed E-state index contributed by atoms with van der Waals surface area (Å²) in [6, 6.07) is 17.1. The lowest BCUT2D eigenvalue weighted by Gasteiger charge is -2.05. The molecule has 2 heterocycles. The Morgan fingerprint density at radius 2 is 2.00 bits per heavy atom. The van der Waals surface area contributed by atoms with Crippen LogP contribution in [0.15, 0.2) is 78.3 Å². The monoisotopic (exact) mass is 384 g/mol. The molecule has 0 aliphatic heterocycles. The lowest BCUT2D eigenvalue weighted by molar-refractivity contribution is 0.102. The van der Waals surface area contributed by atoms with E-state index in [1.165, 1.54) is 0 Å². The van der Waals surface area contributed by atoms with Gasteiger partial charge in [-0.15, -0.1) is 0 Å². The van der Waals surface area contributed by atoms with Crippen molar-refractivity contribution in [1.82, 2.24) is 15.4 Å². The van der Waals surface area contributed by atoms with Crippen LogP contribution in [0.1, 0.15) is 23.0 Å². The van der Waals surface area contributed by atoms with Crippen LogP contribution in [0, 0.1) is 0 Å². The first-order valence-electron chi connectivity index (χ1n) is 9.03. The van der Waals surface area contributed by atoms with Crippen LogP contribution in [0.25, 0.3) is 21.8 Å². The molecule has 0 saturated carbocycles. The predicted octanol–water partition coefficient (Wildman–Crippen LogP) is 3.71. The van der Waals surface area contributed by atoms with Crippen molar-refractivity contribution in [2.24, 2.45) is 10.8 Å². The van der Waals surface area contributed by atoms with Crippen LogP contribution in [0.3, 0.4) is 0 Å². The Kier molecular flexibility index (Phi) is 4.70. The number of aromatic amines is 1. The summed E-state index contributed by atoms with van der Waals surface area (Å²) in [6.07, 6.45) is 1.73. The summed E-state index contributed by atoms with van der Waals surface area (Å²) in [5.41, 5.74) is 12.7. The van der Waals surface area contributed by atoms with Gasteiger partial charge < -0.3 is 16.0 Å². The number of carbonyl (C=O) groups is 1. The van der Waals surface area contributed by atoms with E-state index in [4.69, 9.17) is 5.73 Å². The van der Waals surface area contributed by atoms with Crippen molar-refractivity contribution in [1.29, 1.82) is 0 Å². The highest BCUT2D eigenvalue weighted by Gasteiger charge is 2.11. The van der Waals surface area contributed by atoms with Crippen molar-refractivity contribution in [3.05, 3.63) is 84.5 Å².